The molecule has 4 heteroatoms. The van der Waals surface area contributed by atoms with Crippen molar-refractivity contribution in [2.24, 2.45) is 5.73 Å². The van der Waals surface area contributed by atoms with E-state index in [-0.39, 0.29) is 5.91 Å². The molecule has 0 bridgehead atoms. The highest BCUT2D eigenvalue weighted by Gasteiger charge is 2.07. The molecule has 1 unspecified atom stereocenters. The molecule has 0 saturated heterocycles. The quantitative estimate of drug-likeness (QED) is 0.760. The number of carbonyl (C=O) groups is 1. The van der Waals surface area contributed by atoms with Crippen molar-refractivity contribution in [3.05, 3.63) is 29.8 Å². The van der Waals surface area contributed by atoms with Gasteiger partial charge in [0, 0.05) is 11.4 Å². The molecule has 0 aliphatic heterocycles. The molecule has 0 saturated carbocycles. The average Bonchev–Trinajstić information content (AvgIpc) is 2.26. The second-order valence-corrected chi connectivity index (χ2v) is 4.17. The van der Waals surface area contributed by atoms with Gasteiger partial charge in [-0.1, -0.05) is 18.2 Å². The molecule has 0 aliphatic carbocycles. The van der Waals surface area contributed by atoms with Gasteiger partial charge >= 0.3 is 0 Å². The molecular formula is C11H16N2OS. The maximum absolute atomic E-state index is 11.3. The van der Waals surface area contributed by atoms with E-state index < -0.39 is 6.04 Å². The van der Waals surface area contributed by atoms with Gasteiger partial charge in [-0.05, 0) is 24.8 Å². The zero-order valence-electron chi connectivity index (χ0n) is 8.99. The van der Waals surface area contributed by atoms with E-state index in [4.69, 9.17) is 5.73 Å². The van der Waals surface area contributed by atoms with Crippen LogP contribution in [0, 0.1) is 0 Å². The van der Waals surface area contributed by atoms with Crippen molar-refractivity contribution in [2.45, 2.75) is 24.4 Å². The van der Waals surface area contributed by atoms with Crippen LogP contribution < -0.4 is 11.1 Å². The molecule has 1 amide bonds. The maximum atomic E-state index is 11.3. The van der Waals surface area contributed by atoms with Crippen LogP contribution >= 0.6 is 11.8 Å². The molecule has 0 fully saturated rings. The van der Waals surface area contributed by atoms with E-state index in [9.17, 15) is 4.79 Å². The van der Waals surface area contributed by atoms with E-state index in [0.717, 1.165) is 5.56 Å². The topological polar surface area (TPSA) is 55.1 Å². The fraction of sp³-hybridized carbons (Fsp3) is 0.364. The monoisotopic (exact) mass is 224 g/mol. The zero-order valence-corrected chi connectivity index (χ0v) is 9.80. The predicted octanol–water partition coefficient (Wildman–Crippen LogP) is 1.37. The Balaban J connectivity index is 2.61. The number of nitrogens with one attached hydrogen (secondary N) is 1. The summed E-state index contributed by atoms with van der Waals surface area (Å²) in [6.07, 6.45) is 2.02. The summed E-state index contributed by atoms with van der Waals surface area (Å²) in [4.78, 5) is 12.5. The molecule has 1 aromatic rings. The van der Waals surface area contributed by atoms with Gasteiger partial charge in [-0.15, -0.1) is 11.8 Å². The summed E-state index contributed by atoms with van der Waals surface area (Å²) in [5.74, 6) is -0.120. The largest absolute Gasteiger partial charge is 0.351 e. The Bertz CT molecular complexity index is 339. The van der Waals surface area contributed by atoms with Crippen LogP contribution in [-0.2, 0) is 11.3 Å². The minimum atomic E-state index is -0.452. The summed E-state index contributed by atoms with van der Waals surface area (Å²) in [6, 6.07) is 7.55. The Labute approximate surface area is 94.4 Å². The SMILES string of the molecule is CSc1ccccc1CNC(=O)C(C)N. The fourth-order valence-corrected chi connectivity index (χ4v) is 1.81. The molecule has 0 aliphatic rings. The van der Waals surface area contributed by atoms with Crippen molar-refractivity contribution >= 4 is 17.7 Å². The third-order valence-electron chi connectivity index (χ3n) is 2.06. The number of carbonyl (C=O) groups excluding carboxylic acids is 1. The standard InChI is InChI=1S/C11H16N2OS/c1-8(12)11(14)13-7-9-5-3-4-6-10(9)15-2/h3-6,8H,7,12H2,1-2H3,(H,13,14). The van der Waals surface area contributed by atoms with Crippen molar-refractivity contribution in [1.82, 2.24) is 5.32 Å². The molecule has 1 rings (SSSR count). The highest BCUT2D eigenvalue weighted by Crippen LogP contribution is 2.19. The van der Waals surface area contributed by atoms with Gasteiger partial charge in [0.25, 0.3) is 0 Å². The van der Waals surface area contributed by atoms with Gasteiger partial charge in [0.15, 0.2) is 0 Å². The first kappa shape index (κ1) is 12.1. The molecule has 0 radical (unpaired) electrons. The van der Waals surface area contributed by atoms with Gasteiger partial charge in [-0.2, -0.15) is 0 Å². The number of amides is 1. The Morgan fingerprint density at radius 2 is 2.20 bits per heavy atom. The van der Waals surface area contributed by atoms with Gasteiger partial charge in [-0.3, -0.25) is 4.79 Å². The van der Waals surface area contributed by atoms with Crippen LogP contribution in [0.4, 0.5) is 0 Å². The predicted molar refractivity (Wildman–Crippen MR) is 63.7 cm³/mol. The molecule has 3 nitrogen and oxygen atoms in total. The first-order valence-electron chi connectivity index (χ1n) is 4.80. The molecule has 0 aromatic heterocycles. The molecule has 82 valence electrons. The molecule has 1 aromatic carbocycles. The highest BCUT2D eigenvalue weighted by atomic mass is 32.2. The lowest BCUT2D eigenvalue weighted by atomic mass is 10.2. The molecule has 0 spiro atoms. The van der Waals surface area contributed by atoms with Crippen LogP contribution in [-0.4, -0.2) is 18.2 Å². The summed E-state index contributed by atoms with van der Waals surface area (Å²) in [6.45, 7) is 2.22. The van der Waals surface area contributed by atoms with Crippen LogP contribution in [0.15, 0.2) is 29.2 Å². The van der Waals surface area contributed by atoms with Crippen LogP contribution in [0.1, 0.15) is 12.5 Å². The minimum absolute atomic E-state index is 0.120. The van der Waals surface area contributed by atoms with Gasteiger partial charge in [0.05, 0.1) is 6.04 Å². The second kappa shape index (κ2) is 5.78. The van der Waals surface area contributed by atoms with E-state index >= 15 is 0 Å². The number of thioether (sulfide) groups is 1. The van der Waals surface area contributed by atoms with Crippen LogP contribution in [0.25, 0.3) is 0 Å². The van der Waals surface area contributed by atoms with Gasteiger partial charge in [0.1, 0.15) is 0 Å². The molecule has 15 heavy (non-hydrogen) atoms. The number of hydrogen-bond acceptors (Lipinski definition) is 3. The van der Waals surface area contributed by atoms with Crippen LogP contribution in [0.2, 0.25) is 0 Å². The summed E-state index contributed by atoms with van der Waals surface area (Å²) < 4.78 is 0. The van der Waals surface area contributed by atoms with Crippen molar-refractivity contribution in [2.75, 3.05) is 6.26 Å². The normalized spacial score (nSPS) is 12.2. The maximum Gasteiger partial charge on any atom is 0.236 e. The number of benzene rings is 1. The zero-order chi connectivity index (χ0) is 11.3. The Hall–Kier alpha value is -1.00. The Morgan fingerprint density at radius 1 is 1.53 bits per heavy atom. The van der Waals surface area contributed by atoms with Gasteiger partial charge in [0.2, 0.25) is 5.91 Å². The Kier molecular flexibility index (Phi) is 4.65. The second-order valence-electron chi connectivity index (χ2n) is 3.32. The van der Waals surface area contributed by atoms with Gasteiger partial charge < -0.3 is 11.1 Å². The first-order valence-corrected chi connectivity index (χ1v) is 6.03. The first-order chi connectivity index (χ1) is 7.15. The van der Waals surface area contributed by atoms with Crippen molar-refractivity contribution < 1.29 is 4.79 Å². The lowest BCUT2D eigenvalue weighted by molar-refractivity contribution is -0.122. The minimum Gasteiger partial charge on any atom is -0.351 e. The van der Waals surface area contributed by atoms with Gasteiger partial charge in [-0.25, -0.2) is 0 Å². The molecular weight excluding hydrogens is 208 g/mol. The summed E-state index contributed by atoms with van der Waals surface area (Å²) in [5, 5.41) is 2.80. The van der Waals surface area contributed by atoms with Crippen LogP contribution in [0.5, 0.6) is 0 Å². The lowest BCUT2D eigenvalue weighted by Gasteiger charge is -2.10. The number of nitrogens with two attached hydrogens (primary N) is 1. The van der Waals surface area contributed by atoms with Crippen molar-refractivity contribution in [1.29, 1.82) is 0 Å². The molecule has 1 atom stereocenters. The van der Waals surface area contributed by atoms with E-state index in [2.05, 4.69) is 5.32 Å². The average molecular weight is 224 g/mol. The lowest BCUT2D eigenvalue weighted by Crippen LogP contribution is -2.37. The number of rotatable bonds is 4. The third kappa shape index (κ3) is 3.57. The summed E-state index contributed by atoms with van der Waals surface area (Å²) >= 11 is 1.67. The van der Waals surface area contributed by atoms with E-state index in [0.29, 0.717) is 6.54 Å². The van der Waals surface area contributed by atoms with Crippen LogP contribution in [0.3, 0.4) is 0 Å². The smallest absolute Gasteiger partial charge is 0.236 e. The number of hydrogen-bond donors (Lipinski definition) is 2. The molecule has 0 heterocycles. The summed E-state index contributed by atoms with van der Waals surface area (Å²) in [7, 11) is 0. The van der Waals surface area contributed by atoms with E-state index in [1.54, 1.807) is 18.7 Å². The Morgan fingerprint density at radius 3 is 2.80 bits per heavy atom. The summed E-state index contributed by atoms with van der Waals surface area (Å²) in [5.41, 5.74) is 6.58. The van der Waals surface area contributed by atoms with E-state index in [1.165, 1.54) is 4.90 Å². The van der Waals surface area contributed by atoms with Crippen molar-refractivity contribution in [3.8, 4) is 0 Å². The highest BCUT2D eigenvalue weighted by molar-refractivity contribution is 7.98. The van der Waals surface area contributed by atoms with E-state index in [1.807, 2.05) is 30.5 Å². The fourth-order valence-electron chi connectivity index (χ4n) is 1.19. The third-order valence-corrected chi connectivity index (χ3v) is 2.90. The molecule has 3 N–H and O–H groups in total. The van der Waals surface area contributed by atoms with Crippen molar-refractivity contribution in [3.63, 3.8) is 0 Å².